The zero-order valence-electron chi connectivity index (χ0n) is 10.1. The van der Waals surface area contributed by atoms with Gasteiger partial charge in [-0.2, -0.15) is 0 Å². The average molecular weight is 299 g/mol. The van der Waals surface area contributed by atoms with Gasteiger partial charge in [0.05, 0.1) is 18.2 Å². The third-order valence-corrected chi connectivity index (χ3v) is 2.64. The Bertz CT molecular complexity index is 439. The van der Waals surface area contributed by atoms with Crippen LogP contribution in [0.3, 0.4) is 0 Å². The van der Waals surface area contributed by atoms with Gasteiger partial charge < -0.3 is 9.47 Å². The summed E-state index contributed by atoms with van der Waals surface area (Å²) in [7, 11) is 1.59. The van der Waals surface area contributed by atoms with Crippen molar-refractivity contribution in [1.82, 2.24) is 0 Å². The second-order valence-corrected chi connectivity index (χ2v) is 4.27. The Balaban J connectivity index is 3.12. The molecule has 1 aromatic carbocycles. The number of carbonyl (C=O) groups excluding carboxylic acids is 1. The molecule has 0 atom stereocenters. The van der Waals surface area contributed by atoms with Crippen molar-refractivity contribution in [1.29, 1.82) is 0 Å². The van der Waals surface area contributed by atoms with E-state index in [0.717, 1.165) is 10.0 Å². The molecule has 0 saturated heterocycles. The highest BCUT2D eigenvalue weighted by molar-refractivity contribution is 9.10. The Hall–Kier alpha value is -1.29. The molecule has 17 heavy (non-hydrogen) atoms. The number of ketones is 1. The first-order valence-electron chi connectivity index (χ1n) is 5.27. The fourth-order valence-corrected chi connectivity index (χ4v) is 1.91. The Labute approximate surface area is 110 Å². The van der Waals surface area contributed by atoms with Crippen molar-refractivity contribution >= 4 is 27.8 Å². The van der Waals surface area contributed by atoms with Crippen LogP contribution in [0.1, 0.15) is 19.4 Å². The lowest BCUT2D eigenvalue weighted by molar-refractivity contribution is -0.112. The van der Waals surface area contributed by atoms with Crippen LogP contribution >= 0.6 is 15.9 Å². The molecule has 0 aromatic heterocycles. The molecule has 0 radical (unpaired) electrons. The number of ether oxygens (including phenoxy) is 2. The Morgan fingerprint density at radius 2 is 2.18 bits per heavy atom. The molecule has 0 saturated carbocycles. The van der Waals surface area contributed by atoms with Crippen molar-refractivity contribution < 1.29 is 14.3 Å². The van der Waals surface area contributed by atoms with Gasteiger partial charge in [-0.1, -0.05) is 6.08 Å². The van der Waals surface area contributed by atoms with E-state index >= 15 is 0 Å². The van der Waals surface area contributed by atoms with Crippen molar-refractivity contribution in [2.45, 2.75) is 13.8 Å². The molecule has 0 aliphatic rings. The summed E-state index contributed by atoms with van der Waals surface area (Å²) < 4.78 is 11.5. The van der Waals surface area contributed by atoms with E-state index in [9.17, 15) is 4.79 Å². The molecule has 92 valence electrons. The van der Waals surface area contributed by atoms with E-state index in [-0.39, 0.29) is 5.78 Å². The molecule has 0 heterocycles. The van der Waals surface area contributed by atoms with Gasteiger partial charge in [0.2, 0.25) is 0 Å². The highest BCUT2D eigenvalue weighted by Crippen LogP contribution is 2.36. The van der Waals surface area contributed by atoms with Crippen LogP contribution in [0, 0.1) is 0 Å². The lowest BCUT2D eigenvalue weighted by Crippen LogP contribution is -1.97. The van der Waals surface area contributed by atoms with Crippen LogP contribution in [-0.4, -0.2) is 19.5 Å². The van der Waals surface area contributed by atoms with Gasteiger partial charge in [-0.3, -0.25) is 4.79 Å². The summed E-state index contributed by atoms with van der Waals surface area (Å²) in [5.74, 6) is 1.33. The fourth-order valence-electron chi connectivity index (χ4n) is 1.33. The number of benzene rings is 1. The molecular formula is C13H15BrO3. The topological polar surface area (TPSA) is 35.5 Å². The van der Waals surface area contributed by atoms with Crippen molar-refractivity contribution in [2.75, 3.05) is 13.7 Å². The number of rotatable bonds is 5. The van der Waals surface area contributed by atoms with Gasteiger partial charge in [-0.25, -0.2) is 0 Å². The van der Waals surface area contributed by atoms with E-state index in [2.05, 4.69) is 15.9 Å². The van der Waals surface area contributed by atoms with Crippen molar-refractivity contribution in [2.24, 2.45) is 0 Å². The summed E-state index contributed by atoms with van der Waals surface area (Å²) in [6, 6.07) is 3.71. The van der Waals surface area contributed by atoms with Crippen LogP contribution in [0.5, 0.6) is 11.5 Å². The van der Waals surface area contributed by atoms with Gasteiger partial charge in [0.15, 0.2) is 17.3 Å². The predicted molar refractivity (Wildman–Crippen MR) is 71.6 cm³/mol. The van der Waals surface area contributed by atoms with Crippen molar-refractivity contribution in [3.63, 3.8) is 0 Å². The van der Waals surface area contributed by atoms with E-state index in [4.69, 9.17) is 9.47 Å². The molecule has 0 aliphatic heterocycles. The number of allylic oxidation sites excluding steroid dienone is 1. The van der Waals surface area contributed by atoms with Crippen molar-refractivity contribution in [3.8, 4) is 11.5 Å². The number of methoxy groups -OCH3 is 1. The maximum atomic E-state index is 10.9. The predicted octanol–water partition coefficient (Wildman–Crippen LogP) is 3.46. The van der Waals surface area contributed by atoms with Crippen LogP contribution in [0.2, 0.25) is 0 Å². The summed E-state index contributed by atoms with van der Waals surface area (Å²) in [6.07, 6.45) is 3.26. The zero-order valence-corrected chi connectivity index (χ0v) is 11.7. The van der Waals surface area contributed by atoms with Gasteiger partial charge in [0.1, 0.15) is 0 Å². The standard InChI is InChI=1S/C13H15BrO3/c1-4-17-13-11(14)7-10(6-5-9(2)15)8-12(13)16-3/h5-8H,4H2,1-3H3. The highest BCUT2D eigenvalue weighted by Gasteiger charge is 2.10. The van der Waals surface area contributed by atoms with Crippen LogP contribution in [0.4, 0.5) is 0 Å². The first kappa shape index (κ1) is 13.8. The first-order chi connectivity index (χ1) is 8.08. The van der Waals surface area contributed by atoms with Gasteiger partial charge in [0.25, 0.3) is 0 Å². The third-order valence-electron chi connectivity index (χ3n) is 2.05. The zero-order chi connectivity index (χ0) is 12.8. The van der Waals surface area contributed by atoms with Gasteiger partial charge in [-0.15, -0.1) is 0 Å². The van der Waals surface area contributed by atoms with E-state index in [1.165, 1.54) is 13.0 Å². The van der Waals surface area contributed by atoms with Gasteiger partial charge in [0, 0.05) is 0 Å². The monoisotopic (exact) mass is 298 g/mol. The highest BCUT2D eigenvalue weighted by atomic mass is 79.9. The van der Waals surface area contributed by atoms with Crippen LogP contribution in [-0.2, 0) is 4.79 Å². The minimum atomic E-state index is 0.00831. The molecular weight excluding hydrogens is 284 g/mol. The lowest BCUT2D eigenvalue weighted by Gasteiger charge is -2.12. The largest absolute Gasteiger partial charge is 0.493 e. The van der Waals surface area contributed by atoms with Crippen molar-refractivity contribution in [3.05, 3.63) is 28.2 Å². The average Bonchev–Trinajstić information content (AvgIpc) is 2.29. The first-order valence-corrected chi connectivity index (χ1v) is 6.06. The Morgan fingerprint density at radius 1 is 1.47 bits per heavy atom. The number of hydrogen-bond donors (Lipinski definition) is 0. The van der Waals surface area contributed by atoms with E-state index < -0.39 is 0 Å². The molecule has 0 unspecified atom stereocenters. The SMILES string of the molecule is CCOc1c(Br)cc(C=CC(C)=O)cc1OC. The molecule has 3 nitrogen and oxygen atoms in total. The number of carbonyl (C=O) groups is 1. The quantitative estimate of drug-likeness (QED) is 0.781. The second kappa shape index (κ2) is 6.45. The van der Waals surface area contributed by atoms with E-state index in [0.29, 0.717) is 18.1 Å². The summed E-state index contributed by atoms with van der Waals surface area (Å²) in [5.41, 5.74) is 0.882. The minimum absolute atomic E-state index is 0.00831. The van der Waals surface area contributed by atoms with Gasteiger partial charge >= 0.3 is 0 Å². The maximum absolute atomic E-state index is 10.9. The molecule has 4 heteroatoms. The lowest BCUT2D eigenvalue weighted by atomic mass is 10.1. The van der Waals surface area contributed by atoms with E-state index in [1.54, 1.807) is 13.2 Å². The molecule has 0 aliphatic carbocycles. The van der Waals surface area contributed by atoms with Gasteiger partial charge in [-0.05, 0) is 53.5 Å². The summed E-state index contributed by atoms with van der Waals surface area (Å²) >= 11 is 3.42. The molecule has 0 spiro atoms. The Kier molecular flexibility index (Phi) is 5.22. The van der Waals surface area contributed by atoms with Crippen LogP contribution in [0.15, 0.2) is 22.7 Å². The minimum Gasteiger partial charge on any atom is -0.493 e. The number of halogens is 1. The summed E-state index contributed by atoms with van der Waals surface area (Å²) in [4.78, 5) is 10.9. The molecule has 0 amide bonds. The second-order valence-electron chi connectivity index (χ2n) is 3.41. The van der Waals surface area contributed by atoms with E-state index in [1.807, 2.05) is 19.1 Å². The number of hydrogen-bond acceptors (Lipinski definition) is 3. The normalized spacial score (nSPS) is 10.6. The fraction of sp³-hybridized carbons (Fsp3) is 0.308. The smallest absolute Gasteiger partial charge is 0.175 e. The summed E-state index contributed by atoms with van der Waals surface area (Å²) in [5, 5.41) is 0. The molecule has 1 rings (SSSR count). The molecule has 1 aromatic rings. The van der Waals surface area contributed by atoms with Crippen LogP contribution < -0.4 is 9.47 Å². The van der Waals surface area contributed by atoms with Crippen LogP contribution in [0.25, 0.3) is 6.08 Å². The molecule has 0 bridgehead atoms. The Morgan fingerprint density at radius 3 is 2.71 bits per heavy atom. The third kappa shape index (κ3) is 3.89. The summed E-state index contributed by atoms with van der Waals surface area (Å²) in [6.45, 7) is 3.99. The maximum Gasteiger partial charge on any atom is 0.175 e. The molecule has 0 fully saturated rings. The molecule has 0 N–H and O–H groups in total.